The number of hydrogen-bond donors (Lipinski definition) is 4. The van der Waals surface area contributed by atoms with Gasteiger partial charge in [-0.05, 0) is 13.8 Å². The predicted octanol–water partition coefficient (Wildman–Crippen LogP) is -1.78. The highest BCUT2D eigenvalue weighted by Crippen LogP contribution is 2.08. The number of aliphatic carboxylic acids is 1. The molecule has 0 aliphatic carbocycles. The van der Waals surface area contributed by atoms with Gasteiger partial charge >= 0.3 is 12.0 Å². The van der Waals surface area contributed by atoms with Gasteiger partial charge in [0.15, 0.2) is 0 Å². The molecule has 0 aliphatic heterocycles. The third kappa shape index (κ3) is 7.58. The van der Waals surface area contributed by atoms with Crippen LogP contribution >= 0.6 is 0 Å². The van der Waals surface area contributed by atoms with Gasteiger partial charge < -0.3 is 26.8 Å². The van der Waals surface area contributed by atoms with Gasteiger partial charge in [0.1, 0.15) is 13.1 Å². The molecule has 108 valence electrons. The third-order valence-electron chi connectivity index (χ3n) is 2.02. The molecule has 0 spiro atoms. The minimum Gasteiger partial charge on any atom is -0.480 e. The highest BCUT2D eigenvalue weighted by Gasteiger charge is 2.27. The van der Waals surface area contributed by atoms with Crippen molar-refractivity contribution in [1.82, 2.24) is 10.2 Å². The van der Waals surface area contributed by atoms with Crippen LogP contribution in [0.15, 0.2) is 0 Å². The minimum absolute atomic E-state index is 0.129. The van der Waals surface area contributed by atoms with Crippen molar-refractivity contribution in [2.24, 2.45) is 11.5 Å². The molecule has 0 aromatic rings. The zero-order valence-electron chi connectivity index (χ0n) is 10.8. The second kappa shape index (κ2) is 6.57. The van der Waals surface area contributed by atoms with Crippen molar-refractivity contribution in [2.45, 2.75) is 25.8 Å². The van der Waals surface area contributed by atoms with E-state index in [1.807, 2.05) is 0 Å². The summed E-state index contributed by atoms with van der Waals surface area (Å²) in [7, 11) is 0. The molecule has 4 amide bonds. The summed E-state index contributed by atoms with van der Waals surface area (Å²) < 4.78 is 0. The lowest BCUT2D eigenvalue weighted by Gasteiger charge is -2.28. The van der Waals surface area contributed by atoms with Crippen LogP contribution in [-0.2, 0) is 14.4 Å². The Labute approximate surface area is 109 Å². The van der Waals surface area contributed by atoms with Crippen molar-refractivity contribution in [2.75, 3.05) is 13.1 Å². The molecule has 0 heterocycles. The van der Waals surface area contributed by atoms with Gasteiger partial charge in [0, 0.05) is 12.0 Å². The van der Waals surface area contributed by atoms with Crippen LogP contribution in [0.3, 0.4) is 0 Å². The Morgan fingerprint density at radius 1 is 1.11 bits per heavy atom. The van der Waals surface area contributed by atoms with Gasteiger partial charge in [0.2, 0.25) is 11.8 Å². The average Bonchev–Trinajstić information content (AvgIpc) is 2.11. The second-order valence-electron chi connectivity index (χ2n) is 4.67. The quantitative estimate of drug-likeness (QED) is 0.432. The third-order valence-corrected chi connectivity index (χ3v) is 2.02. The van der Waals surface area contributed by atoms with E-state index < -0.39 is 42.4 Å². The molecular weight excluding hydrogens is 256 g/mol. The molecule has 0 aliphatic rings. The summed E-state index contributed by atoms with van der Waals surface area (Å²) in [6.07, 6.45) is -0.129. The summed E-state index contributed by atoms with van der Waals surface area (Å²) in [5, 5.41) is 11.1. The van der Waals surface area contributed by atoms with Gasteiger partial charge in [0.25, 0.3) is 0 Å². The van der Waals surface area contributed by atoms with Crippen LogP contribution in [0.4, 0.5) is 4.79 Å². The number of carboxylic acids is 1. The summed E-state index contributed by atoms with van der Waals surface area (Å²) in [6, 6.07) is -0.813. The first kappa shape index (κ1) is 16.7. The van der Waals surface area contributed by atoms with E-state index >= 15 is 0 Å². The Morgan fingerprint density at radius 3 is 2.00 bits per heavy atom. The molecule has 9 nitrogen and oxygen atoms in total. The molecule has 0 bridgehead atoms. The van der Waals surface area contributed by atoms with Crippen molar-refractivity contribution < 1.29 is 24.3 Å². The van der Waals surface area contributed by atoms with Crippen LogP contribution in [0.1, 0.15) is 20.3 Å². The fourth-order valence-corrected chi connectivity index (χ4v) is 1.40. The number of carboxylic acid groups (broad SMARTS) is 1. The van der Waals surface area contributed by atoms with Crippen LogP contribution in [0, 0.1) is 0 Å². The smallest absolute Gasteiger partial charge is 0.323 e. The SMILES string of the molecule is CC(C)(CC(N)=O)NC(=O)N(CC(N)=O)CC(=O)O. The van der Waals surface area contributed by atoms with Gasteiger partial charge in [-0.3, -0.25) is 14.4 Å². The molecule has 0 radical (unpaired) electrons. The first-order valence-corrected chi connectivity index (χ1v) is 5.39. The number of urea groups is 1. The van der Waals surface area contributed by atoms with Crippen LogP contribution in [0.25, 0.3) is 0 Å². The fourth-order valence-electron chi connectivity index (χ4n) is 1.40. The molecule has 0 atom stereocenters. The Balaban J connectivity index is 4.75. The van der Waals surface area contributed by atoms with E-state index in [1.165, 1.54) is 0 Å². The molecule has 0 aromatic carbocycles. The summed E-state index contributed by atoms with van der Waals surface area (Å²) in [5.41, 5.74) is 8.98. The standard InChI is InChI=1S/C10H18N4O5/c1-10(2,3-6(11)15)13-9(19)14(4-7(12)16)5-8(17)18/h3-5H2,1-2H3,(H2,11,15)(H2,12,16)(H,13,19)(H,17,18). The van der Waals surface area contributed by atoms with Gasteiger partial charge in [0.05, 0.1) is 0 Å². The molecule has 0 fully saturated rings. The van der Waals surface area contributed by atoms with Gasteiger partial charge in [-0.2, -0.15) is 0 Å². The molecule has 19 heavy (non-hydrogen) atoms. The lowest BCUT2D eigenvalue weighted by molar-refractivity contribution is -0.138. The lowest BCUT2D eigenvalue weighted by Crippen LogP contribution is -2.54. The number of amides is 4. The van der Waals surface area contributed by atoms with Gasteiger partial charge in [-0.25, -0.2) is 4.79 Å². The number of nitrogens with one attached hydrogen (secondary N) is 1. The Bertz CT molecular complexity index is 377. The van der Waals surface area contributed by atoms with Crippen molar-refractivity contribution in [3.63, 3.8) is 0 Å². The van der Waals surface area contributed by atoms with E-state index in [0.717, 1.165) is 4.90 Å². The van der Waals surface area contributed by atoms with E-state index in [0.29, 0.717) is 0 Å². The number of primary amides is 2. The number of nitrogens with zero attached hydrogens (tertiary/aromatic N) is 1. The Hall–Kier alpha value is -2.32. The maximum Gasteiger partial charge on any atom is 0.323 e. The highest BCUT2D eigenvalue weighted by molar-refractivity contribution is 5.86. The van der Waals surface area contributed by atoms with Gasteiger partial charge in [-0.15, -0.1) is 0 Å². The summed E-state index contributed by atoms with van der Waals surface area (Å²) in [4.78, 5) is 44.7. The summed E-state index contributed by atoms with van der Waals surface area (Å²) in [5.74, 6) is -2.75. The fraction of sp³-hybridized carbons (Fsp3) is 0.600. The molecular formula is C10H18N4O5. The van der Waals surface area contributed by atoms with Crippen molar-refractivity contribution in [3.05, 3.63) is 0 Å². The predicted molar refractivity (Wildman–Crippen MR) is 64.8 cm³/mol. The highest BCUT2D eigenvalue weighted by atomic mass is 16.4. The second-order valence-corrected chi connectivity index (χ2v) is 4.67. The van der Waals surface area contributed by atoms with E-state index in [-0.39, 0.29) is 6.42 Å². The monoisotopic (exact) mass is 274 g/mol. The number of carbonyl (C=O) groups is 4. The normalized spacial score (nSPS) is 10.6. The summed E-state index contributed by atoms with van der Waals surface area (Å²) in [6.45, 7) is 1.87. The summed E-state index contributed by atoms with van der Waals surface area (Å²) >= 11 is 0. The van der Waals surface area contributed by atoms with Crippen molar-refractivity contribution in [3.8, 4) is 0 Å². The Morgan fingerprint density at radius 2 is 1.63 bits per heavy atom. The zero-order valence-corrected chi connectivity index (χ0v) is 10.8. The average molecular weight is 274 g/mol. The van der Waals surface area contributed by atoms with Crippen molar-refractivity contribution >= 4 is 23.8 Å². The number of rotatable bonds is 7. The molecule has 0 saturated heterocycles. The lowest BCUT2D eigenvalue weighted by atomic mass is 10.0. The molecule has 9 heteroatoms. The molecule has 0 aromatic heterocycles. The van der Waals surface area contributed by atoms with E-state index in [1.54, 1.807) is 13.8 Å². The first-order chi connectivity index (χ1) is 8.53. The number of hydrogen-bond acceptors (Lipinski definition) is 4. The van der Waals surface area contributed by atoms with Gasteiger partial charge in [-0.1, -0.05) is 0 Å². The minimum atomic E-state index is -1.29. The van der Waals surface area contributed by atoms with E-state index in [4.69, 9.17) is 16.6 Å². The largest absolute Gasteiger partial charge is 0.480 e. The van der Waals surface area contributed by atoms with Crippen LogP contribution in [0.5, 0.6) is 0 Å². The first-order valence-electron chi connectivity index (χ1n) is 5.39. The molecule has 0 unspecified atom stereocenters. The molecule has 0 rings (SSSR count). The molecule has 0 saturated carbocycles. The number of carbonyl (C=O) groups excluding carboxylic acids is 3. The maximum absolute atomic E-state index is 11.8. The topological polar surface area (TPSA) is 156 Å². The van der Waals surface area contributed by atoms with Crippen LogP contribution in [0.2, 0.25) is 0 Å². The van der Waals surface area contributed by atoms with Crippen molar-refractivity contribution in [1.29, 1.82) is 0 Å². The van der Waals surface area contributed by atoms with Crippen LogP contribution in [-0.4, -0.2) is 52.4 Å². The number of nitrogens with two attached hydrogens (primary N) is 2. The Kier molecular flexibility index (Phi) is 5.77. The molecule has 6 N–H and O–H groups in total. The van der Waals surface area contributed by atoms with Crippen LogP contribution < -0.4 is 16.8 Å². The van der Waals surface area contributed by atoms with E-state index in [9.17, 15) is 19.2 Å². The zero-order chi connectivity index (χ0) is 15.2. The maximum atomic E-state index is 11.8. The van der Waals surface area contributed by atoms with E-state index in [2.05, 4.69) is 5.32 Å².